The number of aromatic nitrogens is 1. The molecular formula is C28H21FN2OS. The first-order valence-corrected chi connectivity index (χ1v) is 11.5. The van der Waals surface area contributed by atoms with E-state index in [4.69, 9.17) is 0 Å². The predicted octanol–water partition coefficient (Wildman–Crippen LogP) is 6.87. The minimum atomic E-state index is -0.382. The molecule has 0 fully saturated rings. The van der Waals surface area contributed by atoms with Crippen LogP contribution in [0.2, 0.25) is 0 Å². The van der Waals surface area contributed by atoms with Gasteiger partial charge < -0.3 is 0 Å². The summed E-state index contributed by atoms with van der Waals surface area (Å²) >= 11 is 1.32. The van der Waals surface area contributed by atoms with Crippen LogP contribution in [-0.4, -0.2) is 10.9 Å². The fourth-order valence-electron chi connectivity index (χ4n) is 3.76. The number of carbonyl (C=O) groups excluding carboxylic acids is 1. The van der Waals surface area contributed by atoms with Gasteiger partial charge in [0.15, 0.2) is 5.13 Å². The van der Waals surface area contributed by atoms with Crippen molar-refractivity contribution in [2.24, 2.45) is 0 Å². The average Bonchev–Trinajstić information content (AvgIpc) is 3.29. The summed E-state index contributed by atoms with van der Waals surface area (Å²) in [5.74, 6) is -0.544. The van der Waals surface area contributed by atoms with Gasteiger partial charge in [-0.25, -0.2) is 9.37 Å². The van der Waals surface area contributed by atoms with Crippen LogP contribution in [0.1, 0.15) is 27.0 Å². The van der Waals surface area contributed by atoms with E-state index in [9.17, 15) is 9.18 Å². The Morgan fingerprint density at radius 1 is 0.758 bits per heavy atom. The van der Waals surface area contributed by atoms with E-state index in [1.165, 1.54) is 23.0 Å². The molecule has 162 valence electrons. The third-order valence-corrected chi connectivity index (χ3v) is 6.51. The van der Waals surface area contributed by atoms with E-state index in [2.05, 4.69) is 17.1 Å². The highest BCUT2D eigenvalue weighted by atomic mass is 32.1. The zero-order valence-corrected chi connectivity index (χ0v) is 18.6. The fraction of sp³-hybridized carbons (Fsp3) is 0.0714. The zero-order chi connectivity index (χ0) is 22.6. The molecule has 33 heavy (non-hydrogen) atoms. The highest BCUT2D eigenvalue weighted by Crippen LogP contribution is 2.32. The number of nitrogens with zero attached hydrogens (tertiary/aromatic N) is 2. The summed E-state index contributed by atoms with van der Waals surface area (Å²) < 4.78 is 15.0. The molecule has 0 saturated carbocycles. The van der Waals surface area contributed by atoms with Crippen LogP contribution < -0.4 is 4.90 Å². The van der Waals surface area contributed by atoms with Crippen molar-refractivity contribution in [3.8, 4) is 0 Å². The van der Waals surface area contributed by atoms with Crippen LogP contribution in [0.5, 0.6) is 0 Å². The van der Waals surface area contributed by atoms with Gasteiger partial charge in [0, 0.05) is 5.56 Å². The molecule has 5 aromatic rings. The van der Waals surface area contributed by atoms with Crippen LogP contribution in [0.25, 0.3) is 10.2 Å². The SMILES string of the molecule is O=C(c1ccc(Cc2ccccc2)cc1)N(Cc1ccccc1)c1nc2c(F)cccc2s1. The molecule has 4 aromatic carbocycles. The molecule has 3 nitrogen and oxygen atoms in total. The largest absolute Gasteiger partial charge is 0.279 e. The molecule has 0 bridgehead atoms. The minimum Gasteiger partial charge on any atom is -0.279 e. The topological polar surface area (TPSA) is 33.2 Å². The third-order valence-electron chi connectivity index (χ3n) is 5.47. The Kier molecular flexibility index (Phi) is 5.96. The van der Waals surface area contributed by atoms with Gasteiger partial charge in [-0.1, -0.05) is 90.2 Å². The number of rotatable bonds is 6. The van der Waals surface area contributed by atoms with E-state index >= 15 is 0 Å². The summed E-state index contributed by atoms with van der Waals surface area (Å²) in [6, 6.07) is 32.5. The van der Waals surface area contributed by atoms with Crippen molar-refractivity contribution in [2.75, 3.05) is 4.90 Å². The zero-order valence-electron chi connectivity index (χ0n) is 17.8. The molecule has 0 saturated heterocycles. The lowest BCUT2D eigenvalue weighted by Gasteiger charge is -2.20. The smallest absolute Gasteiger partial charge is 0.260 e. The molecule has 0 N–H and O–H groups in total. The first-order valence-electron chi connectivity index (χ1n) is 10.7. The van der Waals surface area contributed by atoms with E-state index in [0.29, 0.717) is 27.5 Å². The number of hydrogen-bond donors (Lipinski definition) is 0. The van der Waals surface area contributed by atoms with Crippen molar-refractivity contribution in [2.45, 2.75) is 13.0 Å². The van der Waals surface area contributed by atoms with Crippen molar-refractivity contribution < 1.29 is 9.18 Å². The van der Waals surface area contributed by atoms with Crippen LogP contribution >= 0.6 is 11.3 Å². The Morgan fingerprint density at radius 3 is 2.06 bits per heavy atom. The van der Waals surface area contributed by atoms with Gasteiger partial charge in [-0.3, -0.25) is 9.69 Å². The van der Waals surface area contributed by atoms with E-state index in [-0.39, 0.29) is 11.7 Å². The van der Waals surface area contributed by atoms with Gasteiger partial charge in [0.05, 0.1) is 11.2 Å². The van der Waals surface area contributed by atoms with Gasteiger partial charge in [-0.05, 0) is 47.4 Å². The number of thiazole rings is 1. The summed E-state index contributed by atoms with van der Waals surface area (Å²) in [5, 5.41) is 0.484. The minimum absolute atomic E-state index is 0.162. The predicted molar refractivity (Wildman–Crippen MR) is 132 cm³/mol. The molecule has 5 heteroatoms. The van der Waals surface area contributed by atoms with Gasteiger partial charge in [-0.2, -0.15) is 0 Å². The van der Waals surface area contributed by atoms with Crippen molar-refractivity contribution in [3.63, 3.8) is 0 Å². The summed E-state index contributed by atoms with van der Waals surface area (Å²) in [6.07, 6.45) is 0.806. The summed E-state index contributed by atoms with van der Waals surface area (Å²) in [6.45, 7) is 0.354. The standard InChI is InChI=1S/C28H21FN2OS/c29-24-12-7-13-25-26(24)30-28(33-25)31(19-22-10-5-2-6-11-22)27(32)23-16-14-21(15-17-23)18-20-8-3-1-4-9-20/h1-17H,18-19H2. The molecule has 5 rings (SSSR count). The second kappa shape index (κ2) is 9.35. The van der Waals surface area contributed by atoms with Crippen molar-refractivity contribution in [1.29, 1.82) is 0 Å². The molecule has 0 aliphatic rings. The number of amides is 1. The molecule has 0 unspecified atom stereocenters. The molecule has 1 amide bonds. The maximum absolute atomic E-state index is 14.3. The highest BCUT2D eigenvalue weighted by molar-refractivity contribution is 7.22. The Morgan fingerprint density at radius 2 is 1.39 bits per heavy atom. The molecule has 0 aliphatic heterocycles. The molecule has 0 spiro atoms. The van der Waals surface area contributed by atoms with Gasteiger partial charge in [0.1, 0.15) is 11.3 Å². The first kappa shape index (κ1) is 21.0. The lowest BCUT2D eigenvalue weighted by molar-refractivity contribution is 0.0985. The number of para-hydroxylation sites is 1. The lowest BCUT2D eigenvalue weighted by atomic mass is 10.0. The maximum atomic E-state index is 14.3. The lowest BCUT2D eigenvalue weighted by Crippen LogP contribution is -2.30. The molecule has 0 radical (unpaired) electrons. The second-order valence-electron chi connectivity index (χ2n) is 7.82. The van der Waals surface area contributed by atoms with Crippen molar-refractivity contribution >= 4 is 32.6 Å². The van der Waals surface area contributed by atoms with E-state index < -0.39 is 0 Å². The number of carbonyl (C=O) groups is 1. The molecule has 0 atom stereocenters. The summed E-state index contributed by atoms with van der Waals surface area (Å²) in [4.78, 5) is 19.7. The number of anilines is 1. The Bertz CT molecular complexity index is 1380. The number of halogens is 1. The molecule has 1 heterocycles. The van der Waals surface area contributed by atoms with Crippen LogP contribution in [0, 0.1) is 5.82 Å². The van der Waals surface area contributed by atoms with E-state index in [0.717, 1.165) is 17.5 Å². The van der Waals surface area contributed by atoms with E-state index in [1.54, 1.807) is 11.0 Å². The first-order chi connectivity index (χ1) is 16.2. The van der Waals surface area contributed by atoms with Crippen molar-refractivity contribution in [3.05, 3.63) is 131 Å². The number of hydrogen-bond acceptors (Lipinski definition) is 3. The fourth-order valence-corrected chi connectivity index (χ4v) is 4.74. The Hall–Kier alpha value is -3.83. The normalized spacial score (nSPS) is 10.9. The van der Waals surface area contributed by atoms with Gasteiger partial charge in [-0.15, -0.1) is 0 Å². The number of fused-ring (bicyclic) bond motifs is 1. The maximum Gasteiger partial charge on any atom is 0.260 e. The van der Waals surface area contributed by atoms with Crippen LogP contribution in [0.15, 0.2) is 103 Å². The average molecular weight is 453 g/mol. The van der Waals surface area contributed by atoms with Crippen molar-refractivity contribution in [1.82, 2.24) is 4.98 Å². The van der Waals surface area contributed by atoms with E-state index in [1.807, 2.05) is 78.9 Å². The summed E-state index contributed by atoms with van der Waals surface area (Å²) in [7, 11) is 0. The monoisotopic (exact) mass is 452 g/mol. The quantitative estimate of drug-likeness (QED) is 0.282. The Balaban J connectivity index is 1.46. The van der Waals surface area contributed by atoms with Gasteiger partial charge >= 0.3 is 0 Å². The van der Waals surface area contributed by atoms with Gasteiger partial charge in [0.25, 0.3) is 5.91 Å². The second-order valence-corrected chi connectivity index (χ2v) is 8.83. The Labute approximate surface area is 195 Å². The van der Waals surface area contributed by atoms with Crippen LogP contribution in [0.4, 0.5) is 9.52 Å². The molecule has 0 aliphatic carbocycles. The van der Waals surface area contributed by atoms with Gasteiger partial charge in [0.2, 0.25) is 0 Å². The summed E-state index contributed by atoms with van der Waals surface area (Å²) in [5.41, 5.74) is 4.20. The molecule has 1 aromatic heterocycles. The highest BCUT2D eigenvalue weighted by Gasteiger charge is 2.22. The third kappa shape index (κ3) is 4.69. The van der Waals surface area contributed by atoms with Crippen LogP contribution in [-0.2, 0) is 13.0 Å². The number of benzene rings is 4. The van der Waals surface area contributed by atoms with Crippen LogP contribution in [0.3, 0.4) is 0 Å². The molecular weight excluding hydrogens is 431 g/mol.